The molecule has 0 saturated carbocycles. The summed E-state index contributed by atoms with van der Waals surface area (Å²) in [6.45, 7) is 0. The minimum atomic E-state index is -1.28. The van der Waals surface area contributed by atoms with Gasteiger partial charge in [0.1, 0.15) is 0 Å². The molecule has 1 aromatic rings. The molecule has 0 bridgehead atoms. The summed E-state index contributed by atoms with van der Waals surface area (Å²) in [7, 11) is 0. The normalized spacial score (nSPS) is 8.00. The van der Waals surface area contributed by atoms with Gasteiger partial charge in [-0.25, -0.2) is 9.59 Å². The van der Waals surface area contributed by atoms with Crippen LogP contribution in [0.2, 0.25) is 0 Å². The molecule has 1 rings (SSSR count). The second kappa shape index (κ2) is 7.09. The van der Waals surface area contributed by atoms with Crippen molar-refractivity contribution in [2.24, 2.45) is 0 Å². The fourth-order valence-electron chi connectivity index (χ4n) is 0.568. The Morgan fingerprint density at radius 1 is 1.00 bits per heavy atom. The van der Waals surface area contributed by atoms with Gasteiger partial charge in [0.25, 0.3) is 0 Å². The van der Waals surface area contributed by atoms with Crippen LogP contribution in [0.3, 0.4) is 0 Å². The molecule has 0 fully saturated rings. The number of carbonyl (C=O) groups is 2. The number of furan rings is 1. The summed E-state index contributed by atoms with van der Waals surface area (Å²) in [4.78, 5) is 20.3. The molecule has 0 aliphatic rings. The predicted molar refractivity (Wildman–Crippen MR) is 49.7 cm³/mol. The van der Waals surface area contributed by atoms with Crippen LogP contribution >= 0.6 is 0 Å². The van der Waals surface area contributed by atoms with E-state index in [9.17, 15) is 9.59 Å². The zero-order valence-corrected chi connectivity index (χ0v) is 5.27. The van der Waals surface area contributed by atoms with Crippen molar-refractivity contribution in [3.05, 3.63) is 23.7 Å². The molecule has 13 heavy (non-hydrogen) atoms. The molecule has 0 saturated heterocycles. The Balaban J connectivity index is 0. The Morgan fingerprint density at radius 2 is 1.31 bits per heavy atom. The van der Waals surface area contributed by atoms with Crippen molar-refractivity contribution in [3.8, 4) is 0 Å². The second-order valence-electron chi connectivity index (χ2n) is 1.77. The first-order valence-corrected chi connectivity index (χ1v) is 2.67. The van der Waals surface area contributed by atoms with E-state index in [1.165, 1.54) is 0 Å². The van der Waals surface area contributed by atoms with E-state index in [1.54, 1.807) is 0 Å². The van der Waals surface area contributed by atoms with Crippen LogP contribution in [0.25, 0.3) is 0 Å². The fourth-order valence-corrected chi connectivity index (χ4v) is 0.568. The number of aromatic carboxylic acids is 2. The number of hydrogen-bond donors (Lipinski definition) is 2. The molecular formula is C6H8Ca2O5. The van der Waals surface area contributed by atoms with Crippen molar-refractivity contribution >= 4 is 87.4 Å². The Kier molecular flexibility index (Phi) is 8.82. The van der Waals surface area contributed by atoms with E-state index >= 15 is 0 Å². The van der Waals surface area contributed by atoms with Gasteiger partial charge < -0.3 is 14.6 Å². The summed E-state index contributed by atoms with van der Waals surface area (Å²) in [5.74, 6) is -3.31. The summed E-state index contributed by atoms with van der Waals surface area (Å²) in [5.41, 5.74) is 0. The van der Waals surface area contributed by atoms with Crippen LogP contribution in [0.15, 0.2) is 16.5 Å². The van der Waals surface area contributed by atoms with Crippen LogP contribution in [0, 0.1) is 0 Å². The van der Waals surface area contributed by atoms with E-state index < -0.39 is 11.9 Å². The average Bonchev–Trinajstić information content (AvgIpc) is 2.33. The van der Waals surface area contributed by atoms with Gasteiger partial charge in [-0.2, -0.15) is 0 Å². The van der Waals surface area contributed by atoms with E-state index in [-0.39, 0.29) is 87.0 Å². The van der Waals surface area contributed by atoms with Gasteiger partial charge in [-0.3, -0.25) is 0 Å². The maximum atomic E-state index is 10.2. The van der Waals surface area contributed by atoms with E-state index in [2.05, 4.69) is 4.42 Å². The van der Waals surface area contributed by atoms with Crippen molar-refractivity contribution in [2.45, 2.75) is 0 Å². The van der Waals surface area contributed by atoms with Gasteiger partial charge in [0.15, 0.2) is 0 Å². The average molecular weight is 240 g/mol. The van der Waals surface area contributed by atoms with Gasteiger partial charge in [-0.15, -0.1) is 0 Å². The molecule has 0 unspecified atom stereocenters. The zero-order valence-electron chi connectivity index (χ0n) is 5.27. The first kappa shape index (κ1) is 16.2. The van der Waals surface area contributed by atoms with E-state index in [0.717, 1.165) is 12.1 Å². The minimum absolute atomic E-state index is 0. The molecule has 66 valence electrons. The van der Waals surface area contributed by atoms with E-state index in [4.69, 9.17) is 10.2 Å². The molecule has 1 heterocycles. The van der Waals surface area contributed by atoms with Crippen LogP contribution < -0.4 is 0 Å². The van der Waals surface area contributed by atoms with Gasteiger partial charge in [-0.1, -0.05) is 0 Å². The molecule has 0 spiro atoms. The molecule has 5 nitrogen and oxygen atoms in total. The third-order valence-corrected chi connectivity index (χ3v) is 1.03. The van der Waals surface area contributed by atoms with Gasteiger partial charge >= 0.3 is 87.4 Å². The van der Waals surface area contributed by atoms with Crippen molar-refractivity contribution in [1.29, 1.82) is 0 Å². The summed E-state index contributed by atoms with van der Waals surface area (Å²) >= 11 is 0. The van der Waals surface area contributed by atoms with E-state index in [1.807, 2.05) is 0 Å². The standard InChI is InChI=1S/C6H4O5.2Ca.4H/c7-5(8)3-1-2-4(11-3)6(9)10;;;;;;/h1-2H,(H,7,8)(H,9,10);;;;;;. The van der Waals surface area contributed by atoms with Gasteiger partial charge in [-0.05, 0) is 12.1 Å². The monoisotopic (exact) mass is 240 g/mol. The molecule has 0 atom stereocenters. The summed E-state index contributed by atoms with van der Waals surface area (Å²) in [5, 5.41) is 16.6. The quantitative estimate of drug-likeness (QED) is 0.637. The summed E-state index contributed by atoms with van der Waals surface area (Å²) < 4.78 is 4.41. The van der Waals surface area contributed by atoms with E-state index in [0.29, 0.717) is 0 Å². The Bertz CT molecular complexity index is 277. The number of hydrogen-bond acceptors (Lipinski definition) is 3. The molecule has 0 aliphatic carbocycles. The molecule has 0 aliphatic heterocycles. The molecule has 0 aromatic carbocycles. The van der Waals surface area contributed by atoms with Gasteiger partial charge in [0.05, 0.1) is 0 Å². The first-order chi connectivity index (χ1) is 5.11. The van der Waals surface area contributed by atoms with Crippen molar-refractivity contribution < 1.29 is 24.2 Å². The summed E-state index contributed by atoms with van der Waals surface area (Å²) in [6.07, 6.45) is 0. The number of carboxylic acids is 2. The third-order valence-electron chi connectivity index (χ3n) is 1.03. The van der Waals surface area contributed by atoms with Crippen LogP contribution in [0.4, 0.5) is 0 Å². The molecule has 7 heteroatoms. The van der Waals surface area contributed by atoms with Crippen molar-refractivity contribution in [1.82, 2.24) is 0 Å². The van der Waals surface area contributed by atoms with Crippen LogP contribution in [-0.4, -0.2) is 97.6 Å². The predicted octanol–water partition coefficient (Wildman–Crippen LogP) is -1.16. The fraction of sp³-hybridized carbons (Fsp3) is 0. The summed E-state index contributed by atoms with van der Waals surface area (Å²) in [6, 6.07) is 2.18. The van der Waals surface area contributed by atoms with Gasteiger partial charge in [0, 0.05) is 0 Å². The topological polar surface area (TPSA) is 87.7 Å². The van der Waals surface area contributed by atoms with Gasteiger partial charge in [0.2, 0.25) is 11.5 Å². The first-order valence-electron chi connectivity index (χ1n) is 2.67. The Hall–Kier alpha value is 0.739. The van der Waals surface area contributed by atoms with Crippen LogP contribution in [0.1, 0.15) is 21.1 Å². The Labute approximate surface area is 133 Å². The Morgan fingerprint density at radius 3 is 1.46 bits per heavy atom. The van der Waals surface area contributed by atoms with Crippen LogP contribution in [-0.2, 0) is 0 Å². The second-order valence-corrected chi connectivity index (χ2v) is 1.77. The van der Waals surface area contributed by atoms with Crippen molar-refractivity contribution in [2.75, 3.05) is 0 Å². The molecule has 2 N–H and O–H groups in total. The SMILES string of the molecule is O=C(O)c1ccc(C(=O)O)o1.[CaH2].[CaH2]. The molecule has 0 radical (unpaired) electrons. The number of rotatable bonds is 2. The van der Waals surface area contributed by atoms with Crippen molar-refractivity contribution in [3.63, 3.8) is 0 Å². The molecule has 0 amide bonds. The molecule has 1 aromatic heterocycles. The molecular weight excluding hydrogens is 232 g/mol. The maximum absolute atomic E-state index is 10.2. The zero-order chi connectivity index (χ0) is 8.43. The number of carboxylic acid groups (broad SMARTS) is 2. The third kappa shape index (κ3) is 4.67. The van der Waals surface area contributed by atoms with Crippen LogP contribution in [0.5, 0.6) is 0 Å².